The van der Waals surface area contributed by atoms with E-state index >= 15 is 0 Å². The summed E-state index contributed by atoms with van der Waals surface area (Å²) >= 11 is 0. The predicted octanol–water partition coefficient (Wildman–Crippen LogP) is 3.69. The lowest BCUT2D eigenvalue weighted by Crippen LogP contribution is -2.49. The number of para-hydroxylation sites is 2. The van der Waals surface area contributed by atoms with Gasteiger partial charge in [-0.25, -0.2) is 0 Å². The Kier molecular flexibility index (Phi) is 4.04. The highest BCUT2D eigenvalue weighted by molar-refractivity contribution is 6.08. The Morgan fingerprint density at radius 2 is 1.59 bits per heavy atom. The third-order valence-electron chi connectivity index (χ3n) is 5.82. The summed E-state index contributed by atoms with van der Waals surface area (Å²) in [6, 6.07) is 18.5. The molecule has 1 aromatic heterocycles. The first kappa shape index (κ1) is 16.3. The van der Waals surface area contributed by atoms with Gasteiger partial charge in [0.15, 0.2) is 0 Å². The maximum Gasteiger partial charge on any atom is 0.255 e. The van der Waals surface area contributed by atoms with Gasteiger partial charge in [-0.05, 0) is 43.0 Å². The number of carbonyl (C=O) groups excluding carboxylic acids is 1. The minimum atomic E-state index is 0.180. The highest BCUT2D eigenvalue weighted by atomic mass is 16.2. The smallest absolute Gasteiger partial charge is 0.255 e. The van der Waals surface area contributed by atoms with Gasteiger partial charge >= 0.3 is 0 Å². The Morgan fingerprint density at radius 1 is 0.852 bits per heavy atom. The fourth-order valence-corrected chi connectivity index (χ4v) is 4.42. The molecule has 2 aromatic carbocycles. The van der Waals surface area contributed by atoms with Crippen LogP contribution in [0.25, 0.3) is 10.9 Å². The molecule has 2 heterocycles. The number of anilines is 1. The molecular formula is C23H23N3O. The zero-order valence-corrected chi connectivity index (χ0v) is 15.4. The fourth-order valence-electron chi connectivity index (χ4n) is 4.42. The van der Waals surface area contributed by atoms with Crippen LogP contribution in [0.5, 0.6) is 0 Å². The molecular weight excluding hydrogens is 334 g/mol. The zero-order valence-electron chi connectivity index (χ0n) is 15.4. The van der Waals surface area contributed by atoms with Gasteiger partial charge in [0.1, 0.15) is 0 Å². The number of piperazine rings is 1. The minimum absolute atomic E-state index is 0.180. The molecule has 1 amide bonds. The SMILES string of the molecule is O=C(c1c2c(nc3ccccc13)CCC2)N1CCN(c2ccccc2)CC1. The van der Waals surface area contributed by atoms with Gasteiger partial charge in [0, 0.05) is 42.9 Å². The first-order valence-corrected chi connectivity index (χ1v) is 9.81. The lowest BCUT2D eigenvalue weighted by molar-refractivity contribution is 0.0747. The van der Waals surface area contributed by atoms with Crippen molar-refractivity contribution in [3.05, 3.63) is 71.4 Å². The molecule has 0 N–H and O–H groups in total. The summed E-state index contributed by atoms with van der Waals surface area (Å²) in [6.45, 7) is 3.28. The number of aryl methyl sites for hydroxylation is 1. The number of nitrogens with zero attached hydrogens (tertiary/aromatic N) is 3. The van der Waals surface area contributed by atoms with Crippen LogP contribution in [-0.2, 0) is 12.8 Å². The maximum absolute atomic E-state index is 13.5. The summed E-state index contributed by atoms with van der Waals surface area (Å²) in [5.74, 6) is 0.180. The van der Waals surface area contributed by atoms with Gasteiger partial charge in [-0.3, -0.25) is 9.78 Å². The molecule has 136 valence electrons. The molecule has 3 aromatic rings. The number of carbonyl (C=O) groups is 1. The zero-order chi connectivity index (χ0) is 18.2. The molecule has 4 nitrogen and oxygen atoms in total. The number of pyridine rings is 1. The second-order valence-electron chi connectivity index (χ2n) is 7.40. The largest absolute Gasteiger partial charge is 0.368 e. The molecule has 0 radical (unpaired) electrons. The standard InChI is InChI=1S/C23H23N3O/c27-23(26-15-13-25(14-16-26)17-7-2-1-3-8-17)22-18-9-4-5-11-20(18)24-21-12-6-10-19(21)22/h1-5,7-9,11H,6,10,12-16H2. The lowest BCUT2D eigenvalue weighted by atomic mass is 9.99. The van der Waals surface area contributed by atoms with Crippen molar-refractivity contribution in [3.8, 4) is 0 Å². The van der Waals surface area contributed by atoms with Gasteiger partial charge in [-0.1, -0.05) is 36.4 Å². The van der Waals surface area contributed by atoms with E-state index in [4.69, 9.17) is 4.98 Å². The number of hydrogen-bond donors (Lipinski definition) is 0. The Balaban J connectivity index is 1.44. The van der Waals surface area contributed by atoms with Crippen LogP contribution >= 0.6 is 0 Å². The highest BCUT2D eigenvalue weighted by Gasteiger charge is 2.28. The molecule has 0 spiro atoms. The van der Waals surface area contributed by atoms with E-state index in [2.05, 4.69) is 29.2 Å². The van der Waals surface area contributed by atoms with E-state index in [0.717, 1.165) is 67.6 Å². The van der Waals surface area contributed by atoms with Crippen LogP contribution < -0.4 is 4.90 Å². The van der Waals surface area contributed by atoms with Gasteiger partial charge in [0.05, 0.1) is 11.1 Å². The third-order valence-corrected chi connectivity index (χ3v) is 5.82. The van der Waals surface area contributed by atoms with E-state index in [1.54, 1.807) is 0 Å². The van der Waals surface area contributed by atoms with Crippen molar-refractivity contribution >= 4 is 22.5 Å². The molecule has 2 aliphatic rings. The summed E-state index contributed by atoms with van der Waals surface area (Å²) in [4.78, 5) is 22.7. The average molecular weight is 357 g/mol. The first-order chi connectivity index (χ1) is 13.3. The molecule has 5 rings (SSSR count). The van der Waals surface area contributed by atoms with Crippen molar-refractivity contribution in [1.82, 2.24) is 9.88 Å². The first-order valence-electron chi connectivity index (χ1n) is 9.81. The second kappa shape index (κ2) is 6.69. The molecule has 1 aliphatic carbocycles. The molecule has 1 aliphatic heterocycles. The van der Waals surface area contributed by atoms with Crippen LogP contribution in [-0.4, -0.2) is 42.0 Å². The maximum atomic E-state index is 13.5. The van der Waals surface area contributed by atoms with Crippen LogP contribution in [0.3, 0.4) is 0 Å². The topological polar surface area (TPSA) is 36.4 Å². The van der Waals surface area contributed by atoms with Crippen molar-refractivity contribution in [3.63, 3.8) is 0 Å². The van der Waals surface area contributed by atoms with E-state index < -0.39 is 0 Å². The molecule has 0 saturated carbocycles. The Morgan fingerprint density at radius 3 is 2.41 bits per heavy atom. The summed E-state index contributed by atoms with van der Waals surface area (Å²) in [5.41, 5.74) is 5.40. The van der Waals surface area contributed by atoms with Gasteiger partial charge in [-0.15, -0.1) is 0 Å². The van der Waals surface area contributed by atoms with E-state index in [9.17, 15) is 4.79 Å². The number of hydrogen-bond acceptors (Lipinski definition) is 3. The van der Waals surface area contributed by atoms with E-state index in [1.165, 1.54) is 11.3 Å². The van der Waals surface area contributed by atoms with Crippen LogP contribution in [0.2, 0.25) is 0 Å². The average Bonchev–Trinajstić information content (AvgIpc) is 3.20. The Labute approximate surface area is 159 Å². The summed E-state index contributed by atoms with van der Waals surface area (Å²) in [6.07, 6.45) is 3.06. The predicted molar refractivity (Wildman–Crippen MR) is 108 cm³/mol. The lowest BCUT2D eigenvalue weighted by Gasteiger charge is -2.36. The molecule has 0 atom stereocenters. The van der Waals surface area contributed by atoms with Gasteiger partial charge in [0.2, 0.25) is 0 Å². The summed E-state index contributed by atoms with van der Waals surface area (Å²) < 4.78 is 0. The third kappa shape index (κ3) is 2.85. The van der Waals surface area contributed by atoms with Crippen LogP contribution in [0, 0.1) is 0 Å². The molecule has 4 heteroatoms. The minimum Gasteiger partial charge on any atom is -0.368 e. The number of rotatable bonds is 2. The van der Waals surface area contributed by atoms with E-state index in [1.807, 2.05) is 35.2 Å². The van der Waals surface area contributed by atoms with Gasteiger partial charge in [-0.2, -0.15) is 0 Å². The van der Waals surface area contributed by atoms with Crippen LogP contribution in [0.4, 0.5) is 5.69 Å². The second-order valence-corrected chi connectivity index (χ2v) is 7.40. The van der Waals surface area contributed by atoms with Gasteiger partial charge < -0.3 is 9.80 Å². The molecule has 1 saturated heterocycles. The number of amides is 1. The van der Waals surface area contributed by atoms with Crippen molar-refractivity contribution in [2.24, 2.45) is 0 Å². The van der Waals surface area contributed by atoms with Gasteiger partial charge in [0.25, 0.3) is 5.91 Å². The highest BCUT2D eigenvalue weighted by Crippen LogP contribution is 2.31. The van der Waals surface area contributed by atoms with Crippen molar-refractivity contribution in [1.29, 1.82) is 0 Å². The Bertz CT molecular complexity index is 991. The monoisotopic (exact) mass is 357 g/mol. The summed E-state index contributed by atoms with van der Waals surface area (Å²) in [7, 11) is 0. The van der Waals surface area contributed by atoms with Crippen molar-refractivity contribution < 1.29 is 4.79 Å². The quantitative estimate of drug-likeness (QED) is 0.702. The summed E-state index contributed by atoms with van der Waals surface area (Å²) in [5, 5.41) is 1.01. The number of benzene rings is 2. The fraction of sp³-hybridized carbons (Fsp3) is 0.304. The normalized spacial score (nSPS) is 16.6. The number of fused-ring (bicyclic) bond motifs is 2. The molecule has 0 unspecified atom stereocenters. The van der Waals surface area contributed by atoms with Crippen molar-refractivity contribution in [2.75, 3.05) is 31.1 Å². The molecule has 27 heavy (non-hydrogen) atoms. The van der Waals surface area contributed by atoms with E-state index in [0.29, 0.717) is 0 Å². The van der Waals surface area contributed by atoms with E-state index in [-0.39, 0.29) is 5.91 Å². The number of aromatic nitrogens is 1. The van der Waals surface area contributed by atoms with Crippen molar-refractivity contribution in [2.45, 2.75) is 19.3 Å². The van der Waals surface area contributed by atoms with Crippen LogP contribution in [0.1, 0.15) is 28.0 Å². The van der Waals surface area contributed by atoms with Crippen LogP contribution in [0.15, 0.2) is 54.6 Å². The molecule has 0 bridgehead atoms. The Hall–Kier alpha value is -2.88. The molecule has 1 fully saturated rings.